The fraction of sp³-hybridized carbons (Fsp3) is 0.933. The second-order valence-electron chi connectivity index (χ2n) is 7.17. The summed E-state index contributed by atoms with van der Waals surface area (Å²) in [5.41, 5.74) is -0.589. The third-order valence-corrected chi connectivity index (χ3v) is 6.22. The molecule has 8 unspecified atom stereocenters. The van der Waals surface area contributed by atoms with Crippen molar-refractivity contribution in [2.45, 2.75) is 63.9 Å². The zero-order valence-corrected chi connectivity index (χ0v) is 11.5. The molecule has 4 rings (SSSR count). The second kappa shape index (κ2) is 3.73. The van der Waals surface area contributed by atoms with Gasteiger partial charge in [0.05, 0.1) is 29.8 Å². The number of hydrogen-bond acceptors (Lipinski definition) is 3. The SMILES string of the molecule is CC1CC2OC2CC1C1(C(=O)O)CC2OC2CC1C. The normalized spacial score (nSPS) is 58.9. The van der Waals surface area contributed by atoms with Crippen LogP contribution in [0.2, 0.25) is 0 Å². The van der Waals surface area contributed by atoms with E-state index in [4.69, 9.17) is 9.47 Å². The Balaban J connectivity index is 1.67. The van der Waals surface area contributed by atoms with Crippen molar-refractivity contribution in [3.8, 4) is 0 Å². The molecule has 4 nitrogen and oxygen atoms in total. The Morgan fingerprint density at radius 1 is 1.05 bits per heavy atom. The monoisotopic (exact) mass is 266 g/mol. The van der Waals surface area contributed by atoms with Crippen LogP contribution < -0.4 is 0 Å². The molecular formula is C15H22O4. The molecule has 0 radical (unpaired) electrons. The molecule has 2 aliphatic heterocycles. The summed E-state index contributed by atoms with van der Waals surface area (Å²) in [6.45, 7) is 4.32. The van der Waals surface area contributed by atoms with Crippen molar-refractivity contribution in [1.82, 2.24) is 0 Å². The largest absolute Gasteiger partial charge is 0.481 e. The first-order chi connectivity index (χ1) is 9.02. The van der Waals surface area contributed by atoms with Crippen LogP contribution in [0.1, 0.15) is 39.5 Å². The average Bonchev–Trinajstić information content (AvgIpc) is 3.21. The molecule has 1 N–H and O–H groups in total. The van der Waals surface area contributed by atoms with Crippen LogP contribution in [0, 0.1) is 23.2 Å². The lowest BCUT2D eigenvalue weighted by Crippen LogP contribution is -2.51. The van der Waals surface area contributed by atoms with Crippen LogP contribution in [0.5, 0.6) is 0 Å². The lowest BCUT2D eigenvalue weighted by Gasteiger charge is -2.47. The minimum Gasteiger partial charge on any atom is -0.481 e. The van der Waals surface area contributed by atoms with Crippen LogP contribution >= 0.6 is 0 Å². The molecule has 19 heavy (non-hydrogen) atoms. The molecule has 0 aromatic rings. The maximum atomic E-state index is 12.1. The van der Waals surface area contributed by atoms with E-state index in [-0.39, 0.29) is 17.9 Å². The number of hydrogen-bond donors (Lipinski definition) is 1. The Kier molecular flexibility index (Phi) is 2.39. The van der Waals surface area contributed by atoms with Crippen LogP contribution in [-0.4, -0.2) is 35.5 Å². The van der Waals surface area contributed by atoms with Gasteiger partial charge in [0.2, 0.25) is 0 Å². The molecule has 0 bridgehead atoms. The van der Waals surface area contributed by atoms with Crippen molar-refractivity contribution in [2.24, 2.45) is 23.2 Å². The molecule has 0 spiro atoms. The van der Waals surface area contributed by atoms with Crippen molar-refractivity contribution in [2.75, 3.05) is 0 Å². The molecule has 8 atom stereocenters. The van der Waals surface area contributed by atoms with E-state index < -0.39 is 11.4 Å². The van der Waals surface area contributed by atoms with Crippen LogP contribution in [-0.2, 0) is 14.3 Å². The third-order valence-electron chi connectivity index (χ3n) is 6.22. The maximum Gasteiger partial charge on any atom is 0.310 e. The molecule has 0 aromatic carbocycles. The summed E-state index contributed by atoms with van der Waals surface area (Å²) in [6.07, 6.45) is 4.88. The molecule has 106 valence electrons. The Morgan fingerprint density at radius 2 is 1.68 bits per heavy atom. The molecule has 0 amide bonds. The molecule has 4 aliphatic rings. The number of carboxylic acid groups (broad SMARTS) is 1. The van der Waals surface area contributed by atoms with Gasteiger partial charge in [0, 0.05) is 0 Å². The van der Waals surface area contributed by atoms with Gasteiger partial charge in [-0.2, -0.15) is 0 Å². The van der Waals surface area contributed by atoms with Gasteiger partial charge in [-0.15, -0.1) is 0 Å². The van der Waals surface area contributed by atoms with Crippen molar-refractivity contribution in [1.29, 1.82) is 0 Å². The van der Waals surface area contributed by atoms with Crippen molar-refractivity contribution < 1.29 is 19.4 Å². The van der Waals surface area contributed by atoms with E-state index in [0.29, 0.717) is 30.7 Å². The van der Waals surface area contributed by atoms with Gasteiger partial charge in [-0.25, -0.2) is 0 Å². The summed E-state index contributed by atoms with van der Waals surface area (Å²) in [6, 6.07) is 0. The minimum absolute atomic E-state index is 0.205. The summed E-state index contributed by atoms with van der Waals surface area (Å²) >= 11 is 0. The summed E-state index contributed by atoms with van der Waals surface area (Å²) in [5, 5.41) is 9.97. The third kappa shape index (κ3) is 1.62. The molecule has 4 heteroatoms. The van der Waals surface area contributed by atoms with E-state index in [0.717, 1.165) is 19.3 Å². The van der Waals surface area contributed by atoms with Gasteiger partial charge in [-0.3, -0.25) is 4.79 Å². The van der Waals surface area contributed by atoms with Crippen molar-refractivity contribution in [3.05, 3.63) is 0 Å². The quantitative estimate of drug-likeness (QED) is 0.777. The van der Waals surface area contributed by atoms with Gasteiger partial charge in [0.15, 0.2) is 0 Å². The predicted octanol–water partition coefficient (Wildman–Crippen LogP) is 2.07. The molecule has 2 saturated heterocycles. The maximum absolute atomic E-state index is 12.1. The van der Waals surface area contributed by atoms with Gasteiger partial charge >= 0.3 is 5.97 Å². The predicted molar refractivity (Wildman–Crippen MR) is 67.7 cm³/mol. The molecule has 0 aromatic heterocycles. The van der Waals surface area contributed by atoms with Gasteiger partial charge in [0.25, 0.3) is 0 Å². The fourth-order valence-electron chi connectivity index (χ4n) is 4.96. The topological polar surface area (TPSA) is 62.4 Å². The highest BCUT2D eigenvalue weighted by molar-refractivity contribution is 5.76. The lowest BCUT2D eigenvalue weighted by molar-refractivity contribution is -0.162. The standard InChI is InChI=1S/C15H22O4/c1-7-3-10-12(18-10)5-9(7)15(14(16)17)6-13-11(19-13)4-8(15)2/h7-13H,3-6H2,1-2H3,(H,16,17). The number of epoxide rings is 2. The summed E-state index contributed by atoms with van der Waals surface area (Å²) < 4.78 is 11.3. The Bertz CT molecular complexity index is 422. The highest BCUT2D eigenvalue weighted by atomic mass is 16.6. The number of ether oxygens (including phenoxy) is 2. The van der Waals surface area contributed by atoms with Crippen LogP contribution in [0.3, 0.4) is 0 Å². The smallest absolute Gasteiger partial charge is 0.310 e. The zero-order valence-electron chi connectivity index (χ0n) is 11.5. The number of rotatable bonds is 2. The van der Waals surface area contributed by atoms with E-state index in [1.54, 1.807) is 0 Å². The Morgan fingerprint density at radius 3 is 2.42 bits per heavy atom. The number of carboxylic acids is 1. The molecule has 2 aliphatic carbocycles. The second-order valence-corrected chi connectivity index (χ2v) is 7.17. The van der Waals surface area contributed by atoms with E-state index in [1.165, 1.54) is 0 Å². The van der Waals surface area contributed by atoms with Gasteiger partial charge in [-0.1, -0.05) is 13.8 Å². The average molecular weight is 266 g/mol. The van der Waals surface area contributed by atoms with E-state index >= 15 is 0 Å². The van der Waals surface area contributed by atoms with Crippen molar-refractivity contribution >= 4 is 5.97 Å². The first kappa shape index (κ1) is 12.2. The molecule has 4 fully saturated rings. The lowest BCUT2D eigenvalue weighted by atomic mass is 9.54. The van der Waals surface area contributed by atoms with E-state index in [2.05, 4.69) is 13.8 Å². The first-order valence-electron chi connectivity index (χ1n) is 7.56. The minimum atomic E-state index is -0.607. The fourth-order valence-corrected chi connectivity index (χ4v) is 4.96. The van der Waals surface area contributed by atoms with Gasteiger partial charge in [0.1, 0.15) is 0 Å². The molecule has 2 saturated carbocycles. The van der Waals surface area contributed by atoms with Crippen LogP contribution in [0.4, 0.5) is 0 Å². The Labute approximate surface area is 113 Å². The number of fused-ring (bicyclic) bond motifs is 2. The van der Waals surface area contributed by atoms with Crippen molar-refractivity contribution in [3.63, 3.8) is 0 Å². The van der Waals surface area contributed by atoms with Gasteiger partial charge < -0.3 is 14.6 Å². The zero-order chi connectivity index (χ0) is 13.4. The number of aliphatic carboxylic acids is 1. The highest BCUT2D eigenvalue weighted by Gasteiger charge is 2.64. The van der Waals surface area contributed by atoms with Crippen LogP contribution in [0.25, 0.3) is 0 Å². The molecular weight excluding hydrogens is 244 g/mol. The van der Waals surface area contributed by atoms with Gasteiger partial charge in [-0.05, 0) is 43.4 Å². The number of carbonyl (C=O) groups is 1. The summed E-state index contributed by atoms with van der Waals surface area (Å²) in [7, 11) is 0. The van der Waals surface area contributed by atoms with E-state index in [1.807, 2.05) is 0 Å². The van der Waals surface area contributed by atoms with E-state index in [9.17, 15) is 9.90 Å². The Hall–Kier alpha value is -0.610. The first-order valence-corrected chi connectivity index (χ1v) is 7.56. The molecule has 2 heterocycles. The highest BCUT2D eigenvalue weighted by Crippen LogP contribution is 2.59. The van der Waals surface area contributed by atoms with Crippen LogP contribution in [0.15, 0.2) is 0 Å². The summed E-state index contributed by atoms with van der Waals surface area (Å²) in [5.74, 6) is 0.285. The summed E-state index contributed by atoms with van der Waals surface area (Å²) in [4.78, 5) is 12.1.